The van der Waals surface area contributed by atoms with Gasteiger partial charge in [-0.1, -0.05) is 77.0 Å². The first-order valence-corrected chi connectivity index (χ1v) is 11.7. The lowest BCUT2D eigenvalue weighted by molar-refractivity contribution is 0.412. The van der Waals surface area contributed by atoms with Gasteiger partial charge in [0.1, 0.15) is 5.82 Å². The van der Waals surface area contributed by atoms with Crippen LogP contribution < -0.4 is 5.32 Å². The molecule has 2 aliphatic rings. The van der Waals surface area contributed by atoms with Gasteiger partial charge in [0.2, 0.25) is 11.2 Å². The summed E-state index contributed by atoms with van der Waals surface area (Å²) in [6.07, 6.45) is 20.6. The van der Waals surface area contributed by atoms with Crippen molar-refractivity contribution in [1.29, 1.82) is 0 Å². The van der Waals surface area contributed by atoms with Crippen molar-refractivity contribution in [3.05, 3.63) is 11.1 Å². The van der Waals surface area contributed by atoms with Crippen LogP contribution >= 0.6 is 11.6 Å². The average molecular weight is 393 g/mol. The zero-order chi connectivity index (χ0) is 19.0. The Kier molecular flexibility index (Phi) is 8.17. The molecule has 4 nitrogen and oxygen atoms in total. The maximum absolute atomic E-state index is 6.32. The molecule has 27 heavy (non-hydrogen) atoms. The maximum atomic E-state index is 6.32. The van der Waals surface area contributed by atoms with Gasteiger partial charge in [-0.3, -0.25) is 0 Å². The second-order valence-electron chi connectivity index (χ2n) is 8.99. The topological polar surface area (TPSA) is 50.7 Å². The van der Waals surface area contributed by atoms with E-state index in [1.54, 1.807) is 0 Å². The summed E-state index contributed by atoms with van der Waals surface area (Å²) in [5, 5.41) is 4.01. The number of anilines is 1. The molecule has 1 aromatic rings. The molecule has 0 aromatic carbocycles. The van der Waals surface area contributed by atoms with E-state index in [4.69, 9.17) is 16.6 Å². The predicted octanol–water partition coefficient (Wildman–Crippen LogP) is 7.05. The predicted molar refractivity (Wildman–Crippen MR) is 113 cm³/mol. The summed E-state index contributed by atoms with van der Waals surface area (Å²) in [6, 6.07) is 0. The summed E-state index contributed by atoms with van der Waals surface area (Å²) in [5.74, 6) is 2.02. The quantitative estimate of drug-likeness (QED) is 0.598. The van der Waals surface area contributed by atoms with Crippen molar-refractivity contribution in [2.75, 3.05) is 5.32 Å². The fourth-order valence-electron chi connectivity index (χ4n) is 4.75. The molecule has 0 atom stereocenters. The molecule has 1 N–H and O–H groups in total. The molecular weight excluding hydrogens is 356 g/mol. The van der Waals surface area contributed by atoms with E-state index in [0.717, 1.165) is 5.82 Å². The van der Waals surface area contributed by atoms with E-state index in [1.165, 1.54) is 103 Å². The van der Waals surface area contributed by atoms with Gasteiger partial charge in [-0.2, -0.15) is 9.97 Å². The second-order valence-corrected chi connectivity index (χ2v) is 9.33. The first-order valence-electron chi connectivity index (χ1n) is 11.3. The fraction of sp³-hybridized carbons (Fsp3) is 0.864. The van der Waals surface area contributed by atoms with Crippen LogP contribution in [-0.4, -0.2) is 20.5 Å². The summed E-state index contributed by atoms with van der Waals surface area (Å²) in [4.78, 5) is 13.8. The van der Waals surface area contributed by atoms with E-state index >= 15 is 0 Å². The van der Waals surface area contributed by atoms with Crippen LogP contribution in [0.25, 0.3) is 0 Å². The molecule has 1 aromatic heterocycles. The van der Waals surface area contributed by atoms with E-state index in [-0.39, 0.29) is 5.54 Å². The van der Waals surface area contributed by atoms with Gasteiger partial charge in [-0.15, -0.1) is 0 Å². The summed E-state index contributed by atoms with van der Waals surface area (Å²) in [5.41, 5.74) is 0.0602. The highest BCUT2D eigenvalue weighted by Gasteiger charge is 2.26. The molecule has 0 radical (unpaired) electrons. The standard InChI is InChI=1S/C22H37ClN4/c1-22(16-12-8-4-5-9-13-17-22)27-21-25-19(24-20(23)26-21)18-14-10-6-2-3-7-11-15-18/h18H,2-17H2,1H3,(H,24,25,26,27). The molecule has 0 spiro atoms. The van der Waals surface area contributed by atoms with Crippen LogP contribution in [0.2, 0.25) is 5.28 Å². The minimum Gasteiger partial charge on any atom is -0.349 e. The van der Waals surface area contributed by atoms with Crippen molar-refractivity contribution in [3.8, 4) is 0 Å². The third-order valence-corrected chi connectivity index (χ3v) is 6.64. The van der Waals surface area contributed by atoms with Crippen LogP contribution in [0.15, 0.2) is 0 Å². The van der Waals surface area contributed by atoms with Crippen molar-refractivity contribution in [3.63, 3.8) is 0 Å². The van der Waals surface area contributed by atoms with E-state index < -0.39 is 0 Å². The average Bonchev–Trinajstić information content (AvgIpc) is 2.83. The maximum Gasteiger partial charge on any atom is 0.227 e. The Morgan fingerprint density at radius 3 is 1.85 bits per heavy atom. The SMILES string of the molecule is CC1(Nc2nc(Cl)nc(C3CCCCCCCC3)n2)CCCCCCCC1. The summed E-state index contributed by atoms with van der Waals surface area (Å²) in [6.45, 7) is 2.33. The van der Waals surface area contributed by atoms with Crippen molar-refractivity contribution in [1.82, 2.24) is 15.0 Å². The number of nitrogens with one attached hydrogen (secondary N) is 1. The normalized spacial score (nSPS) is 23.2. The van der Waals surface area contributed by atoms with Gasteiger partial charge in [0.25, 0.3) is 0 Å². The molecule has 2 saturated carbocycles. The Morgan fingerprint density at radius 2 is 1.26 bits per heavy atom. The molecule has 152 valence electrons. The van der Waals surface area contributed by atoms with Gasteiger partial charge >= 0.3 is 0 Å². The largest absolute Gasteiger partial charge is 0.349 e. The van der Waals surface area contributed by atoms with Crippen LogP contribution in [-0.2, 0) is 0 Å². The first-order chi connectivity index (χ1) is 13.1. The first kappa shape index (κ1) is 20.8. The Bertz CT molecular complexity index is 557. The summed E-state index contributed by atoms with van der Waals surface area (Å²) in [7, 11) is 0. The zero-order valence-corrected chi connectivity index (χ0v) is 17.9. The van der Waals surface area contributed by atoms with E-state index in [1.807, 2.05) is 0 Å². The highest BCUT2D eigenvalue weighted by atomic mass is 35.5. The third kappa shape index (κ3) is 6.89. The number of aromatic nitrogens is 3. The molecule has 2 aliphatic carbocycles. The number of rotatable bonds is 3. The number of hydrogen-bond donors (Lipinski definition) is 1. The smallest absolute Gasteiger partial charge is 0.227 e. The lowest BCUT2D eigenvalue weighted by Crippen LogP contribution is -2.35. The number of hydrogen-bond acceptors (Lipinski definition) is 4. The fourth-order valence-corrected chi connectivity index (χ4v) is 4.92. The summed E-state index contributed by atoms with van der Waals surface area (Å²) >= 11 is 6.32. The highest BCUT2D eigenvalue weighted by Crippen LogP contribution is 2.31. The van der Waals surface area contributed by atoms with Crippen LogP contribution in [0.5, 0.6) is 0 Å². The number of nitrogens with zero attached hydrogens (tertiary/aromatic N) is 3. The van der Waals surface area contributed by atoms with Gasteiger partial charge in [0, 0.05) is 11.5 Å². The van der Waals surface area contributed by atoms with Crippen LogP contribution in [0.3, 0.4) is 0 Å². The Balaban J connectivity index is 1.73. The van der Waals surface area contributed by atoms with Gasteiger partial charge in [-0.05, 0) is 44.2 Å². The van der Waals surface area contributed by atoms with E-state index in [0.29, 0.717) is 17.1 Å². The van der Waals surface area contributed by atoms with Gasteiger partial charge in [0.15, 0.2) is 0 Å². The van der Waals surface area contributed by atoms with Crippen molar-refractivity contribution < 1.29 is 0 Å². The van der Waals surface area contributed by atoms with Crippen molar-refractivity contribution >= 4 is 17.5 Å². The molecule has 2 fully saturated rings. The second kappa shape index (κ2) is 10.6. The lowest BCUT2D eigenvalue weighted by atomic mass is 9.90. The molecule has 1 heterocycles. The summed E-state index contributed by atoms with van der Waals surface area (Å²) < 4.78 is 0. The van der Waals surface area contributed by atoms with Gasteiger partial charge < -0.3 is 5.32 Å². The third-order valence-electron chi connectivity index (χ3n) is 6.47. The van der Waals surface area contributed by atoms with Crippen LogP contribution in [0, 0.1) is 0 Å². The highest BCUT2D eigenvalue weighted by molar-refractivity contribution is 6.28. The van der Waals surface area contributed by atoms with Crippen LogP contribution in [0.4, 0.5) is 5.95 Å². The number of halogens is 1. The molecule has 0 saturated heterocycles. The van der Waals surface area contributed by atoms with E-state index in [9.17, 15) is 0 Å². The van der Waals surface area contributed by atoms with Crippen molar-refractivity contribution in [2.24, 2.45) is 0 Å². The molecular formula is C22H37ClN4. The molecule has 0 bridgehead atoms. The van der Waals surface area contributed by atoms with Crippen molar-refractivity contribution in [2.45, 2.75) is 121 Å². The Morgan fingerprint density at radius 1 is 0.741 bits per heavy atom. The Hall–Kier alpha value is -0.900. The minimum atomic E-state index is 0.0602. The Labute approximate surface area is 170 Å². The molecule has 5 heteroatoms. The zero-order valence-electron chi connectivity index (χ0n) is 17.1. The minimum absolute atomic E-state index is 0.0602. The van der Waals surface area contributed by atoms with Crippen LogP contribution in [0.1, 0.15) is 121 Å². The van der Waals surface area contributed by atoms with Gasteiger partial charge in [-0.25, -0.2) is 4.98 Å². The monoisotopic (exact) mass is 392 g/mol. The molecule has 0 amide bonds. The van der Waals surface area contributed by atoms with Gasteiger partial charge in [0.05, 0.1) is 0 Å². The lowest BCUT2D eigenvalue weighted by Gasteiger charge is -2.31. The van der Waals surface area contributed by atoms with E-state index in [2.05, 4.69) is 22.2 Å². The molecule has 3 rings (SSSR count). The molecule has 0 aliphatic heterocycles. The molecule has 0 unspecified atom stereocenters.